The highest BCUT2D eigenvalue weighted by Gasteiger charge is 2.08. The lowest BCUT2D eigenvalue weighted by Gasteiger charge is -2.15. The number of ether oxygens (including phenoxy) is 1. The van der Waals surface area contributed by atoms with Crippen molar-refractivity contribution in [3.8, 4) is 16.9 Å². The van der Waals surface area contributed by atoms with E-state index in [2.05, 4.69) is 16.2 Å². The largest absolute Gasteiger partial charge is 0.483 e. The Bertz CT molecular complexity index is 722. The van der Waals surface area contributed by atoms with Crippen LogP contribution in [0.5, 0.6) is 5.75 Å². The lowest BCUT2D eigenvalue weighted by atomic mass is 10.1. The van der Waals surface area contributed by atoms with E-state index in [1.807, 2.05) is 73.6 Å². The summed E-state index contributed by atoms with van der Waals surface area (Å²) >= 11 is 5.09. The predicted octanol–water partition coefficient (Wildman–Crippen LogP) is 1.79. The Kier molecular flexibility index (Phi) is 7.85. The number of carbonyl (C=O) groups excluding carboxylic acids is 1. The standard InChI is InChI=1S/C19H24N4O2S/c1-23(2)13-12-20-19(26)22-21-18(24)14-25-17-11-7-6-10-16(17)15-8-4-3-5-9-15/h3-11H,12-14H2,1-2H3,(H,21,24)(H2,20,22,26). The molecule has 0 unspecified atom stereocenters. The van der Waals surface area contributed by atoms with E-state index in [-0.39, 0.29) is 12.5 Å². The average molecular weight is 372 g/mol. The molecule has 2 aromatic carbocycles. The Labute approximate surface area is 159 Å². The number of hydrazine groups is 1. The lowest BCUT2D eigenvalue weighted by Crippen LogP contribution is -2.49. The molecule has 0 saturated carbocycles. The smallest absolute Gasteiger partial charge is 0.276 e. The van der Waals surface area contributed by atoms with Crippen LogP contribution < -0.4 is 20.9 Å². The second kappa shape index (κ2) is 10.4. The summed E-state index contributed by atoms with van der Waals surface area (Å²) in [6.45, 7) is 1.42. The zero-order valence-corrected chi connectivity index (χ0v) is 15.8. The molecule has 0 fully saturated rings. The highest BCUT2D eigenvalue weighted by atomic mass is 32.1. The fourth-order valence-corrected chi connectivity index (χ4v) is 2.34. The molecular formula is C19H24N4O2S. The maximum atomic E-state index is 12.0. The van der Waals surface area contributed by atoms with Crippen LogP contribution in [0.2, 0.25) is 0 Å². The summed E-state index contributed by atoms with van der Waals surface area (Å²) < 4.78 is 5.68. The molecule has 0 aromatic heterocycles. The molecule has 0 aliphatic carbocycles. The zero-order valence-electron chi connectivity index (χ0n) is 15.0. The molecule has 0 aliphatic heterocycles. The first kappa shape index (κ1) is 19.7. The molecule has 26 heavy (non-hydrogen) atoms. The minimum absolute atomic E-state index is 0.114. The number of nitrogens with zero attached hydrogens (tertiary/aromatic N) is 1. The van der Waals surface area contributed by atoms with E-state index in [4.69, 9.17) is 17.0 Å². The number of hydrogen-bond acceptors (Lipinski definition) is 4. The highest BCUT2D eigenvalue weighted by molar-refractivity contribution is 7.80. The fraction of sp³-hybridized carbons (Fsp3) is 0.263. The normalized spacial score (nSPS) is 10.3. The van der Waals surface area contributed by atoms with Crippen LogP contribution in [-0.2, 0) is 4.79 Å². The van der Waals surface area contributed by atoms with Crippen molar-refractivity contribution in [2.75, 3.05) is 33.8 Å². The molecule has 2 rings (SSSR count). The minimum atomic E-state index is -0.315. The van der Waals surface area contributed by atoms with Gasteiger partial charge in [-0.1, -0.05) is 48.5 Å². The van der Waals surface area contributed by atoms with Crippen LogP contribution in [0.1, 0.15) is 0 Å². The van der Waals surface area contributed by atoms with Gasteiger partial charge in [-0.15, -0.1) is 0 Å². The maximum Gasteiger partial charge on any atom is 0.276 e. The number of carbonyl (C=O) groups is 1. The fourth-order valence-electron chi connectivity index (χ4n) is 2.19. The summed E-state index contributed by atoms with van der Waals surface area (Å²) in [6, 6.07) is 17.5. The van der Waals surface area contributed by atoms with Crippen LogP contribution in [0.25, 0.3) is 11.1 Å². The average Bonchev–Trinajstić information content (AvgIpc) is 2.65. The Morgan fingerprint density at radius 1 is 1.04 bits per heavy atom. The van der Waals surface area contributed by atoms with Gasteiger partial charge in [0, 0.05) is 18.7 Å². The van der Waals surface area contributed by atoms with Gasteiger partial charge in [0.2, 0.25) is 0 Å². The van der Waals surface area contributed by atoms with Gasteiger partial charge in [-0.25, -0.2) is 0 Å². The third-order valence-corrected chi connectivity index (χ3v) is 3.74. The van der Waals surface area contributed by atoms with Crippen LogP contribution in [0.3, 0.4) is 0 Å². The Morgan fingerprint density at radius 2 is 1.73 bits per heavy atom. The van der Waals surface area contributed by atoms with Crippen molar-refractivity contribution in [3.05, 3.63) is 54.6 Å². The summed E-state index contributed by atoms with van der Waals surface area (Å²) in [4.78, 5) is 14.0. The van der Waals surface area contributed by atoms with Crippen LogP contribution in [0.4, 0.5) is 0 Å². The summed E-state index contributed by atoms with van der Waals surface area (Å²) in [7, 11) is 3.95. The number of thiocarbonyl (C=S) groups is 1. The molecule has 0 spiro atoms. The maximum absolute atomic E-state index is 12.0. The van der Waals surface area contributed by atoms with Gasteiger partial charge in [0.15, 0.2) is 11.7 Å². The van der Waals surface area contributed by atoms with Crippen molar-refractivity contribution < 1.29 is 9.53 Å². The van der Waals surface area contributed by atoms with Crippen molar-refractivity contribution >= 4 is 23.2 Å². The molecule has 7 heteroatoms. The van der Waals surface area contributed by atoms with Gasteiger partial charge >= 0.3 is 0 Å². The molecule has 3 N–H and O–H groups in total. The van der Waals surface area contributed by atoms with Gasteiger partial charge in [0.25, 0.3) is 5.91 Å². The van der Waals surface area contributed by atoms with E-state index in [1.54, 1.807) is 0 Å². The van der Waals surface area contributed by atoms with E-state index in [0.29, 0.717) is 17.4 Å². The summed E-state index contributed by atoms with van der Waals surface area (Å²) in [5.41, 5.74) is 7.15. The summed E-state index contributed by atoms with van der Waals surface area (Å²) in [6.07, 6.45) is 0. The molecule has 0 atom stereocenters. The van der Waals surface area contributed by atoms with E-state index in [0.717, 1.165) is 17.7 Å². The number of amides is 1. The zero-order chi connectivity index (χ0) is 18.8. The van der Waals surface area contributed by atoms with E-state index < -0.39 is 0 Å². The van der Waals surface area contributed by atoms with Crippen LogP contribution in [-0.4, -0.2) is 49.7 Å². The molecular weight excluding hydrogens is 348 g/mol. The van der Waals surface area contributed by atoms with Gasteiger partial charge < -0.3 is 15.0 Å². The van der Waals surface area contributed by atoms with Crippen molar-refractivity contribution in [3.63, 3.8) is 0 Å². The summed E-state index contributed by atoms with van der Waals surface area (Å²) in [5.74, 6) is 0.338. The quantitative estimate of drug-likeness (QED) is 0.509. The molecule has 0 bridgehead atoms. The molecule has 0 saturated heterocycles. The summed E-state index contributed by atoms with van der Waals surface area (Å²) in [5, 5.41) is 3.36. The second-order valence-corrected chi connectivity index (χ2v) is 6.29. The number of likely N-dealkylation sites (N-methyl/N-ethyl adjacent to an activating group) is 1. The number of rotatable bonds is 7. The molecule has 0 aliphatic rings. The number of para-hydroxylation sites is 1. The molecule has 1 amide bonds. The number of hydrogen-bond donors (Lipinski definition) is 3. The highest BCUT2D eigenvalue weighted by Crippen LogP contribution is 2.29. The van der Waals surface area contributed by atoms with Crippen molar-refractivity contribution in [2.45, 2.75) is 0 Å². The predicted molar refractivity (Wildman–Crippen MR) is 108 cm³/mol. The molecule has 2 aromatic rings. The number of benzene rings is 2. The monoisotopic (exact) mass is 372 g/mol. The number of nitrogens with one attached hydrogen (secondary N) is 3. The van der Waals surface area contributed by atoms with Crippen molar-refractivity contribution in [2.24, 2.45) is 0 Å². The Balaban J connectivity index is 1.80. The van der Waals surface area contributed by atoms with E-state index in [1.165, 1.54) is 0 Å². The molecule has 6 nitrogen and oxygen atoms in total. The Morgan fingerprint density at radius 3 is 2.46 bits per heavy atom. The topological polar surface area (TPSA) is 65.6 Å². The molecule has 0 radical (unpaired) electrons. The van der Waals surface area contributed by atoms with E-state index >= 15 is 0 Å². The van der Waals surface area contributed by atoms with Gasteiger partial charge in [0.1, 0.15) is 5.75 Å². The molecule has 0 heterocycles. The minimum Gasteiger partial charge on any atom is -0.483 e. The molecule has 138 valence electrons. The first-order chi connectivity index (χ1) is 12.6. The second-order valence-electron chi connectivity index (χ2n) is 5.88. The SMILES string of the molecule is CN(C)CCNC(=S)NNC(=O)COc1ccccc1-c1ccccc1. The van der Waals surface area contributed by atoms with Crippen LogP contribution in [0, 0.1) is 0 Å². The van der Waals surface area contributed by atoms with Gasteiger partial charge in [-0.05, 0) is 37.9 Å². The van der Waals surface area contributed by atoms with Crippen LogP contribution in [0.15, 0.2) is 54.6 Å². The van der Waals surface area contributed by atoms with E-state index in [9.17, 15) is 4.79 Å². The first-order valence-electron chi connectivity index (χ1n) is 8.31. The van der Waals surface area contributed by atoms with Gasteiger partial charge in [-0.2, -0.15) is 0 Å². The van der Waals surface area contributed by atoms with Crippen molar-refractivity contribution in [1.29, 1.82) is 0 Å². The first-order valence-corrected chi connectivity index (χ1v) is 8.72. The third-order valence-electron chi connectivity index (χ3n) is 3.49. The third kappa shape index (κ3) is 6.70. The van der Waals surface area contributed by atoms with Crippen LogP contribution >= 0.6 is 12.2 Å². The Hall–Kier alpha value is -2.64. The lowest BCUT2D eigenvalue weighted by molar-refractivity contribution is -0.123. The van der Waals surface area contributed by atoms with Gasteiger partial charge in [-0.3, -0.25) is 15.6 Å². The van der Waals surface area contributed by atoms with Gasteiger partial charge in [0.05, 0.1) is 0 Å². The van der Waals surface area contributed by atoms with Crippen molar-refractivity contribution in [1.82, 2.24) is 21.1 Å².